The molecule has 2 heterocycles. The molecule has 1 N–H and O–H groups in total. The Labute approximate surface area is 108 Å². The largest absolute Gasteiger partial charge is 0.469 e. The van der Waals surface area contributed by atoms with Crippen molar-refractivity contribution < 1.29 is 4.42 Å². The molecule has 1 fully saturated rings. The molecule has 17 heavy (non-hydrogen) atoms. The number of fused-ring (bicyclic) bond motifs is 1. The molecule has 1 aliphatic heterocycles. The van der Waals surface area contributed by atoms with E-state index in [1.54, 1.807) is 0 Å². The van der Waals surface area contributed by atoms with Gasteiger partial charge in [-0.3, -0.25) is 0 Å². The van der Waals surface area contributed by atoms with E-state index in [0.717, 1.165) is 11.7 Å². The molecule has 1 aromatic heterocycles. The lowest BCUT2D eigenvalue weighted by molar-refractivity contribution is 0.408. The quantitative estimate of drug-likeness (QED) is 0.889. The number of hydrogen-bond acceptors (Lipinski definition) is 3. The summed E-state index contributed by atoms with van der Waals surface area (Å²) in [5.74, 6) is 2.57. The van der Waals surface area contributed by atoms with Crippen molar-refractivity contribution in [2.45, 2.75) is 49.8 Å². The van der Waals surface area contributed by atoms with Gasteiger partial charge in [-0.05, 0) is 37.5 Å². The molecule has 1 saturated heterocycles. The van der Waals surface area contributed by atoms with E-state index in [9.17, 15) is 0 Å². The molecule has 2 atom stereocenters. The van der Waals surface area contributed by atoms with Crippen LogP contribution >= 0.6 is 11.8 Å². The van der Waals surface area contributed by atoms with Gasteiger partial charge in [0.1, 0.15) is 5.76 Å². The van der Waals surface area contributed by atoms with Crippen LogP contribution in [-0.4, -0.2) is 17.5 Å². The summed E-state index contributed by atoms with van der Waals surface area (Å²) in [6.07, 6.45) is 9.72. The molecule has 0 saturated carbocycles. The molecule has 0 radical (unpaired) electrons. The molecule has 2 nitrogen and oxygen atoms in total. The molecule has 0 bridgehead atoms. The highest BCUT2D eigenvalue weighted by molar-refractivity contribution is 7.99. The highest BCUT2D eigenvalue weighted by Crippen LogP contribution is 2.31. The highest BCUT2D eigenvalue weighted by atomic mass is 32.2. The monoisotopic (exact) mass is 251 g/mol. The van der Waals surface area contributed by atoms with Gasteiger partial charge in [0.15, 0.2) is 0 Å². The van der Waals surface area contributed by atoms with Crippen molar-refractivity contribution in [2.75, 3.05) is 12.3 Å². The number of thioether (sulfide) groups is 1. The summed E-state index contributed by atoms with van der Waals surface area (Å²) >= 11 is 2.15. The van der Waals surface area contributed by atoms with Crippen LogP contribution in [-0.2, 0) is 6.42 Å². The minimum atomic E-state index is 0.542. The van der Waals surface area contributed by atoms with Gasteiger partial charge in [0.05, 0.1) is 6.26 Å². The Bertz CT molecular complexity index is 357. The lowest BCUT2D eigenvalue weighted by atomic mass is 9.93. The zero-order chi connectivity index (χ0) is 11.5. The molecule has 0 amide bonds. The summed E-state index contributed by atoms with van der Waals surface area (Å²) in [6.45, 7) is 1.17. The second-order valence-corrected chi connectivity index (χ2v) is 6.55. The Morgan fingerprint density at radius 2 is 2.29 bits per heavy atom. The molecule has 2 aliphatic rings. The average Bonchev–Trinajstić information content (AvgIpc) is 2.86. The maximum Gasteiger partial charge on any atom is 0.108 e. The van der Waals surface area contributed by atoms with E-state index in [1.807, 2.05) is 6.26 Å². The Kier molecular flexibility index (Phi) is 3.77. The third-order valence-electron chi connectivity index (χ3n) is 3.92. The molecule has 3 heteroatoms. The van der Waals surface area contributed by atoms with Crippen LogP contribution in [0.2, 0.25) is 0 Å². The van der Waals surface area contributed by atoms with Crippen molar-refractivity contribution in [3.8, 4) is 0 Å². The van der Waals surface area contributed by atoms with Gasteiger partial charge >= 0.3 is 0 Å². The highest BCUT2D eigenvalue weighted by Gasteiger charge is 2.23. The van der Waals surface area contributed by atoms with Crippen LogP contribution < -0.4 is 5.32 Å². The van der Waals surface area contributed by atoms with Gasteiger partial charge in [-0.25, -0.2) is 0 Å². The summed E-state index contributed by atoms with van der Waals surface area (Å²) in [5, 5.41) is 4.59. The first-order chi connectivity index (χ1) is 8.43. The van der Waals surface area contributed by atoms with Crippen LogP contribution in [0.25, 0.3) is 0 Å². The standard InChI is InChI=1S/C14H21NOS/c1-2-9-17-11(4-1)10-15-13-5-3-6-14-12(13)7-8-16-14/h7-8,11,13,15H,1-6,9-10H2. The van der Waals surface area contributed by atoms with E-state index in [2.05, 4.69) is 23.1 Å². The fourth-order valence-electron chi connectivity index (χ4n) is 2.94. The van der Waals surface area contributed by atoms with Crippen LogP contribution in [0, 0.1) is 0 Å². The van der Waals surface area contributed by atoms with Crippen molar-refractivity contribution in [3.63, 3.8) is 0 Å². The number of rotatable bonds is 3. The fourth-order valence-corrected chi connectivity index (χ4v) is 4.19. The Morgan fingerprint density at radius 3 is 3.18 bits per heavy atom. The van der Waals surface area contributed by atoms with Crippen LogP contribution in [0.4, 0.5) is 0 Å². The third-order valence-corrected chi connectivity index (χ3v) is 5.32. The van der Waals surface area contributed by atoms with Crippen LogP contribution in [0.1, 0.15) is 49.5 Å². The average molecular weight is 251 g/mol. The Hall–Kier alpha value is -0.410. The maximum absolute atomic E-state index is 5.53. The van der Waals surface area contributed by atoms with Gasteiger partial charge < -0.3 is 9.73 Å². The second-order valence-electron chi connectivity index (χ2n) is 5.14. The van der Waals surface area contributed by atoms with Crippen molar-refractivity contribution in [1.82, 2.24) is 5.32 Å². The predicted octanol–water partition coefficient (Wildman–Crippen LogP) is 3.53. The van der Waals surface area contributed by atoms with E-state index < -0.39 is 0 Å². The Balaban J connectivity index is 1.56. The number of aryl methyl sites for hydroxylation is 1. The summed E-state index contributed by atoms with van der Waals surface area (Å²) in [4.78, 5) is 0. The molecule has 94 valence electrons. The zero-order valence-electron chi connectivity index (χ0n) is 10.3. The van der Waals surface area contributed by atoms with Crippen molar-refractivity contribution in [2.24, 2.45) is 0 Å². The van der Waals surface area contributed by atoms with Gasteiger partial charge in [-0.2, -0.15) is 11.8 Å². The molecule has 3 rings (SSSR count). The van der Waals surface area contributed by atoms with Crippen LogP contribution in [0.15, 0.2) is 16.7 Å². The Morgan fingerprint density at radius 1 is 1.29 bits per heavy atom. The molecular formula is C14H21NOS. The van der Waals surface area contributed by atoms with Crippen molar-refractivity contribution in [3.05, 3.63) is 23.7 Å². The molecular weight excluding hydrogens is 230 g/mol. The predicted molar refractivity (Wildman–Crippen MR) is 72.5 cm³/mol. The van der Waals surface area contributed by atoms with Crippen molar-refractivity contribution >= 4 is 11.8 Å². The van der Waals surface area contributed by atoms with E-state index in [-0.39, 0.29) is 0 Å². The van der Waals surface area contributed by atoms with Gasteiger partial charge in [0.2, 0.25) is 0 Å². The molecule has 2 unspecified atom stereocenters. The number of furan rings is 1. The van der Waals surface area contributed by atoms with Gasteiger partial charge in [-0.1, -0.05) is 6.42 Å². The molecule has 1 aliphatic carbocycles. The first-order valence-corrected chi connectivity index (χ1v) is 7.89. The van der Waals surface area contributed by atoms with Crippen LogP contribution in [0.5, 0.6) is 0 Å². The normalized spacial score (nSPS) is 28.9. The van der Waals surface area contributed by atoms with E-state index in [0.29, 0.717) is 6.04 Å². The fraction of sp³-hybridized carbons (Fsp3) is 0.714. The van der Waals surface area contributed by atoms with E-state index >= 15 is 0 Å². The number of hydrogen-bond donors (Lipinski definition) is 1. The third kappa shape index (κ3) is 2.71. The number of nitrogens with one attached hydrogen (secondary N) is 1. The minimum absolute atomic E-state index is 0.542. The molecule has 1 aromatic rings. The van der Waals surface area contributed by atoms with Crippen LogP contribution in [0.3, 0.4) is 0 Å². The summed E-state index contributed by atoms with van der Waals surface area (Å²) < 4.78 is 5.53. The van der Waals surface area contributed by atoms with Gasteiger partial charge in [-0.15, -0.1) is 0 Å². The minimum Gasteiger partial charge on any atom is -0.469 e. The summed E-state index contributed by atoms with van der Waals surface area (Å²) in [6, 6.07) is 2.69. The zero-order valence-corrected chi connectivity index (χ0v) is 11.1. The first-order valence-electron chi connectivity index (χ1n) is 6.85. The molecule has 0 spiro atoms. The van der Waals surface area contributed by atoms with E-state index in [4.69, 9.17) is 4.42 Å². The van der Waals surface area contributed by atoms with Gasteiger partial charge in [0.25, 0.3) is 0 Å². The van der Waals surface area contributed by atoms with E-state index in [1.165, 1.54) is 55.7 Å². The van der Waals surface area contributed by atoms with Gasteiger partial charge in [0, 0.05) is 29.8 Å². The topological polar surface area (TPSA) is 25.2 Å². The SMILES string of the molecule is c1cc2c(o1)CCCC2NCC1CCCCS1. The summed E-state index contributed by atoms with van der Waals surface area (Å²) in [5.41, 5.74) is 1.41. The second kappa shape index (κ2) is 5.49. The smallest absolute Gasteiger partial charge is 0.108 e. The maximum atomic E-state index is 5.53. The lowest BCUT2D eigenvalue weighted by Gasteiger charge is -2.27. The first kappa shape index (κ1) is 11.7. The molecule has 0 aromatic carbocycles. The lowest BCUT2D eigenvalue weighted by Crippen LogP contribution is -2.31. The summed E-state index contributed by atoms with van der Waals surface area (Å²) in [7, 11) is 0. The van der Waals surface area contributed by atoms with Crippen molar-refractivity contribution in [1.29, 1.82) is 0 Å².